The molecule has 9 heteroatoms. The Morgan fingerprint density at radius 2 is 1.81 bits per heavy atom. The summed E-state index contributed by atoms with van der Waals surface area (Å²) in [7, 11) is 3.60. The summed E-state index contributed by atoms with van der Waals surface area (Å²) in [6, 6.07) is 0.542. The van der Waals surface area contributed by atoms with Crippen LogP contribution >= 0.6 is 11.5 Å². The average Bonchev–Trinajstić information content (AvgIpc) is 2.81. The number of hydrogen-bond donors (Lipinski definition) is 1. The summed E-state index contributed by atoms with van der Waals surface area (Å²) < 4.78 is 30.1. The van der Waals surface area contributed by atoms with Crippen molar-refractivity contribution in [3.8, 4) is 0 Å². The van der Waals surface area contributed by atoms with Crippen molar-refractivity contribution in [3.05, 3.63) is 0 Å². The molecule has 0 aromatic carbocycles. The smallest absolute Gasteiger partial charge is 0.249 e. The summed E-state index contributed by atoms with van der Waals surface area (Å²) in [5.74, 6) is 0.0958. The van der Waals surface area contributed by atoms with Crippen LogP contribution in [0.3, 0.4) is 0 Å². The molecule has 0 aliphatic carbocycles. The fourth-order valence-corrected chi connectivity index (χ4v) is 4.77. The van der Waals surface area contributed by atoms with Gasteiger partial charge in [0.15, 0.2) is 10.7 Å². The fourth-order valence-electron chi connectivity index (χ4n) is 2.50. The van der Waals surface area contributed by atoms with Crippen LogP contribution < -0.4 is 10.6 Å². The largest absolute Gasteiger partial charge is 0.382 e. The number of nitrogens with two attached hydrogens (primary N) is 1. The third-order valence-corrected chi connectivity index (χ3v) is 6.81. The lowest BCUT2D eigenvalue weighted by atomic mass is 10.0. The first-order valence-corrected chi connectivity index (χ1v) is 9.05. The topological polar surface area (TPSA) is 82.8 Å². The number of sulfonamides is 1. The van der Waals surface area contributed by atoms with Crippen LogP contribution in [0.2, 0.25) is 0 Å². The Kier molecular flexibility index (Phi) is 4.76. The second-order valence-corrected chi connectivity index (χ2v) is 8.51. The molecule has 7 nitrogen and oxygen atoms in total. The van der Waals surface area contributed by atoms with Crippen LogP contribution in [0.25, 0.3) is 0 Å². The summed E-state index contributed by atoms with van der Waals surface area (Å²) in [5.41, 5.74) is 5.81. The first kappa shape index (κ1) is 16.5. The van der Waals surface area contributed by atoms with Crippen molar-refractivity contribution in [2.75, 3.05) is 51.9 Å². The number of aromatic nitrogens is 1. The molecule has 0 bridgehead atoms. The van der Waals surface area contributed by atoms with Crippen LogP contribution in [0.15, 0.2) is 4.90 Å². The van der Waals surface area contributed by atoms with Gasteiger partial charge in [0.25, 0.3) is 0 Å². The van der Waals surface area contributed by atoms with Gasteiger partial charge in [-0.2, -0.15) is 4.37 Å². The molecule has 0 unspecified atom stereocenters. The van der Waals surface area contributed by atoms with E-state index in [1.807, 2.05) is 0 Å². The molecule has 0 saturated carbocycles. The van der Waals surface area contributed by atoms with E-state index in [0.717, 1.165) is 25.9 Å². The van der Waals surface area contributed by atoms with Crippen LogP contribution in [0.1, 0.15) is 12.8 Å². The monoisotopic (exact) mass is 333 g/mol. The molecule has 2 heterocycles. The van der Waals surface area contributed by atoms with Gasteiger partial charge in [-0.05, 0) is 38.5 Å². The second-order valence-electron chi connectivity index (χ2n) is 5.67. The van der Waals surface area contributed by atoms with Gasteiger partial charge in [-0.3, -0.25) is 0 Å². The molecule has 1 fully saturated rings. The lowest BCUT2D eigenvalue weighted by molar-refractivity contribution is 0.250. The summed E-state index contributed by atoms with van der Waals surface area (Å²) in [6.07, 6.45) is 2.01. The number of piperidine rings is 1. The minimum absolute atomic E-state index is 0.0958. The highest BCUT2D eigenvalue weighted by atomic mass is 32.2. The highest BCUT2D eigenvalue weighted by Crippen LogP contribution is 2.37. The second kappa shape index (κ2) is 6.07. The molecule has 21 heavy (non-hydrogen) atoms. The van der Waals surface area contributed by atoms with Crippen molar-refractivity contribution in [2.24, 2.45) is 0 Å². The molecule has 2 N–H and O–H groups in total. The van der Waals surface area contributed by atoms with Crippen LogP contribution in [0.4, 0.5) is 10.8 Å². The molecule has 0 radical (unpaired) electrons. The number of hydrogen-bond acceptors (Lipinski definition) is 7. The molecule has 2 rings (SSSR count). The molecule has 0 spiro atoms. The van der Waals surface area contributed by atoms with E-state index >= 15 is 0 Å². The average molecular weight is 333 g/mol. The van der Waals surface area contributed by atoms with Gasteiger partial charge in [0, 0.05) is 33.2 Å². The van der Waals surface area contributed by atoms with Crippen molar-refractivity contribution in [2.45, 2.75) is 23.8 Å². The fraction of sp³-hybridized carbons (Fsp3) is 0.750. The Morgan fingerprint density at radius 1 is 1.24 bits per heavy atom. The Bertz CT molecular complexity index is 589. The zero-order valence-electron chi connectivity index (χ0n) is 12.9. The lowest BCUT2D eigenvalue weighted by Crippen LogP contribution is -2.42. The van der Waals surface area contributed by atoms with E-state index in [2.05, 4.69) is 28.3 Å². The van der Waals surface area contributed by atoms with Gasteiger partial charge in [-0.1, -0.05) is 0 Å². The number of anilines is 2. The minimum Gasteiger partial charge on any atom is -0.382 e. The SMILES string of the molecule is CN(C)C1CCN(c2snc(N)c2S(=O)(=O)N(C)C)CC1. The molecule has 1 saturated heterocycles. The van der Waals surface area contributed by atoms with E-state index in [1.54, 1.807) is 0 Å². The normalized spacial score (nSPS) is 17.9. The van der Waals surface area contributed by atoms with Crippen molar-refractivity contribution in [3.63, 3.8) is 0 Å². The molecule has 0 amide bonds. The van der Waals surface area contributed by atoms with Gasteiger partial charge >= 0.3 is 0 Å². The Hall–Kier alpha value is -0.900. The maximum Gasteiger partial charge on any atom is 0.249 e. The van der Waals surface area contributed by atoms with Crippen molar-refractivity contribution < 1.29 is 8.42 Å². The predicted octanol–water partition coefficient (Wildman–Crippen LogP) is 0.506. The van der Waals surface area contributed by atoms with Crippen molar-refractivity contribution in [1.82, 2.24) is 13.6 Å². The molecular weight excluding hydrogens is 310 g/mol. The first-order valence-electron chi connectivity index (χ1n) is 6.84. The lowest BCUT2D eigenvalue weighted by Gasteiger charge is -2.36. The summed E-state index contributed by atoms with van der Waals surface area (Å²) in [5, 5.41) is 0.665. The highest BCUT2D eigenvalue weighted by Gasteiger charge is 2.32. The predicted molar refractivity (Wildman–Crippen MR) is 86.3 cm³/mol. The van der Waals surface area contributed by atoms with Gasteiger partial charge in [0.1, 0.15) is 5.00 Å². The van der Waals surface area contributed by atoms with E-state index in [1.165, 1.54) is 29.9 Å². The van der Waals surface area contributed by atoms with Crippen molar-refractivity contribution in [1.29, 1.82) is 0 Å². The molecule has 0 atom stereocenters. The molecular formula is C12H23N5O2S2. The standard InChI is InChI=1S/C12H23N5O2S2/c1-15(2)9-5-7-17(8-6-9)12-10(11(13)14-20-12)21(18,19)16(3)4/h9H,5-8H2,1-4H3,(H2,13,14). The Morgan fingerprint density at radius 3 is 2.29 bits per heavy atom. The van der Waals surface area contributed by atoms with Crippen LogP contribution in [-0.2, 0) is 10.0 Å². The molecule has 1 aliphatic rings. The van der Waals surface area contributed by atoms with Gasteiger partial charge in [0.2, 0.25) is 10.0 Å². The van der Waals surface area contributed by atoms with Crippen LogP contribution in [-0.4, -0.2) is 69.3 Å². The first-order chi connectivity index (χ1) is 9.75. The summed E-state index contributed by atoms with van der Waals surface area (Å²) in [6.45, 7) is 1.64. The highest BCUT2D eigenvalue weighted by molar-refractivity contribution is 7.89. The van der Waals surface area contributed by atoms with E-state index in [0.29, 0.717) is 11.0 Å². The van der Waals surface area contributed by atoms with Crippen LogP contribution in [0, 0.1) is 0 Å². The number of rotatable bonds is 4. The zero-order chi connectivity index (χ0) is 15.8. The zero-order valence-corrected chi connectivity index (χ0v) is 14.5. The third-order valence-electron chi connectivity index (χ3n) is 3.88. The van der Waals surface area contributed by atoms with E-state index in [9.17, 15) is 8.42 Å². The third kappa shape index (κ3) is 3.15. The molecule has 120 valence electrons. The maximum absolute atomic E-state index is 12.4. The van der Waals surface area contributed by atoms with Crippen LogP contribution in [0.5, 0.6) is 0 Å². The number of nitrogen functional groups attached to an aromatic ring is 1. The molecule has 1 aromatic heterocycles. The van der Waals surface area contributed by atoms with Crippen molar-refractivity contribution >= 4 is 32.4 Å². The molecule has 1 aliphatic heterocycles. The quantitative estimate of drug-likeness (QED) is 0.864. The molecule has 1 aromatic rings. The maximum atomic E-state index is 12.4. The van der Waals surface area contributed by atoms with E-state index in [4.69, 9.17) is 5.73 Å². The van der Waals surface area contributed by atoms with E-state index < -0.39 is 10.0 Å². The number of nitrogens with zero attached hydrogens (tertiary/aromatic N) is 4. The van der Waals surface area contributed by atoms with E-state index in [-0.39, 0.29) is 10.7 Å². The van der Waals surface area contributed by atoms with Gasteiger partial charge in [0.05, 0.1) is 0 Å². The van der Waals surface area contributed by atoms with Gasteiger partial charge in [-0.25, -0.2) is 12.7 Å². The minimum atomic E-state index is -3.57. The van der Waals surface area contributed by atoms with Gasteiger partial charge in [-0.15, -0.1) is 0 Å². The summed E-state index contributed by atoms with van der Waals surface area (Å²) >= 11 is 1.17. The summed E-state index contributed by atoms with van der Waals surface area (Å²) in [4.78, 5) is 4.46. The van der Waals surface area contributed by atoms with Gasteiger partial charge < -0.3 is 15.5 Å². The Labute approximate surface area is 130 Å². The Balaban J connectivity index is 2.27.